The zero-order valence-corrected chi connectivity index (χ0v) is 12.2. The van der Waals surface area contributed by atoms with Gasteiger partial charge in [-0.2, -0.15) is 13.2 Å². The fourth-order valence-corrected chi connectivity index (χ4v) is 2.27. The fourth-order valence-electron chi connectivity index (χ4n) is 2.27. The van der Waals surface area contributed by atoms with E-state index in [2.05, 4.69) is 5.32 Å². The predicted molar refractivity (Wildman–Crippen MR) is 73.7 cm³/mol. The standard InChI is InChI=1S/C15H20F3NO2/c1-10-8-20-13-4-3-11(7-14(13)21-9-10)12(19-2)5-6-15(16,17)18/h3-4,7,10,12,19H,5-6,8-9H2,1-2H3. The van der Waals surface area contributed by atoms with Gasteiger partial charge in [0.05, 0.1) is 13.2 Å². The van der Waals surface area contributed by atoms with Crippen molar-refractivity contribution in [2.24, 2.45) is 5.92 Å². The first-order valence-electron chi connectivity index (χ1n) is 7.02. The highest BCUT2D eigenvalue weighted by atomic mass is 19.4. The number of rotatable bonds is 4. The fraction of sp³-hybridized carbons (Fsp3) is 0.600. The number of ether oxygens (including phenoxy) is 2. The summed E-state index contributed by atoms with van der Waals surface area (Å²) in [7, 11) is 1.66. The topological polar surface area (TPSA) is 30.5 Å². The van der Waals surface area contributed by atoms with E-state index in [9.17, 15) is 13.2 Å². The van der Waals surface area contributed by atoms with Crippen molar-refractivity contribution < 1.29 is 22.6 Å². The molecule has 21 heavy (non-hydrogen) atoms. The molecule has 1 aliphatic rings. The van der Waals surface area contributed by atoms with Crippen molar-refractivity contribution in [2.75, 3.05) is 20.3 Å². The van der Waals surface area contributed by atoms with Crippen LogP contribution in [0.5, 0.6) is 11.5 Å². The first kappa shape index (κ1) is 15.9. The summed E-state index contributed by atoms with van der Waals surface area (Å²) in [5, 5.41) is 2.93. The van der Waals surface area contributed by atoms with Crippen LogP contribution in [0.2, 0.25) is 0 Å². The molecule has 0 spiro atoms. The Labute approximate surface area is 122 Å². The normalized spacial score (nSPS) is 20.0. The van der Waals surface area contributed by atoms with Gasteiger partial charge in [-0.1, -0.05) is 13.0 Å². The minimum absolute atomic E-state index is 0.00392. The summed E-state index contributed by atoms with van der Waals surface area (Å²) < 4.78 is 48.4. The second-order valence-corrected chi connectivity index (χ2v) is 5.43. The Morgan fingerprint density at radius 3 is 2.52 bits per heavy atom. The Bertz CT molecular complexity index is 476. The van der Waals surface area contributed by atoms with E-state index in [1.165, 1.54) is 0 Å². The SMILES string of the molecule is CNC(CCC(F)(F)F)c1ccc2c(c1)OCC(C)CO2. The molecule has 0 saturated heterocycles. The third-order valence-corrected chi connectivity index (χ3v) is 3.48. The summed E-state index contributed by atoms with van der Waals surface area (Å²) in [6.07, 6.45) is -4.96. The molecule has 0 aromatic heterocycles. The zero-order chi connectivity index (χ0) is 15.5. The highest BCUT2D eigenvalue weighted by molar-refractivity contribution is 5.44. The Morgan fingerprint density at radius 2 is 1.90 bits per heavy atom. The first-order valence-corrected chi connectivity index (χ1v) is 7.02. The maximum Gasteiger partial charge on any atom is 0.389 e. The average molecular weight is 303 g/mol. The third kappa shape index (κ3) is 4.52. The van der Waals surface area contributed by atoms with E-state index >= 15 is 0 Å². The van der Waals surface area contributed by atoms with E-state index in [0.717, 1.165) is 5.56 Å². The van der Waals surface area contributed by atoms with Crippen LogP contribution in [0.15, 0.2) is 18.2 Å². The van der Waals surface area contributed by atoms with Crippen LogP contribution in [0.1, 0.15) is 31.4 Å². The molecule has 118 valence electrons. The van der Waals surface area contributed by atoms with E-state index in [-0.39, 0.29) is 18.4 Å². The van der Waals surface area contributed by atoms with Gasteiger partial charge in [-0.3, -0.25) is 0 Å². The highest BCUT2D eigenvalue weighted by Gasteiger charge is 2.28. The van der Waals surface area contributed by atoms with Gasteiger partial charge in [0.2, 0.25) is 0 Å². The number of halogens is 3. The maximum absolute atomic E-state index is 12.4. The minimum atomic E-state index is -4.14. The lowest BCUT2D eigenvalue weighted by molar-refractivity contribution is -0.136. The molecular weight excluding hydrogens is 283 g/mol. The van der Waals surface area contributed by atoms with Gasteiger partial charge in [0, 0.05) is 18.4 Å². The Balaban J connectivity index is 2.12. The lowest BCUT2D eigenvalue weighted by atomic mass is 10.0. The van der Waals surface area contributed by atoms with Crippen LogP contribution in [0.25, 0.3) is 0 Å². The molecule has 6 heteroatoms. The van der Waals surface area contributed by atoms with Crippen molar-refractivity contribution in [3.05, 3.63) is 23.8 Å². The molecule has 1 aliphatic heterocycles. The van der Waals surface area contributed by atoms with Crippen molar-refractivity contribution in [3.8, 4) is 11.5 Å². The number of hydrogen-bond acceptors (Lipinski definition) is 3. The molecule has 0 bridgehead atoms. The van der Waals surface area contributed by atoms with Crippen LogP contribution < -0.4 is 14.8 Å². The van der Waals surface area contributed by atoms with Gasteiger partial charge >= 0.3 is 6.18 Å². The Kier molecular flexibility index (Phi) is 4.98. The molecule has 0 saturated carbocycles. The quantitative estimate of drug-likeness (QED) is 0.920. The largest absolute Gasteiger partial charge is 0.489 e. The first-order chi connectivity index (χ1) is 9.89. The van der Waals surface area contributed by atoms with Gasteiger partial charge in [-0.05, 0) is 31.2 Å². The predicted octanol–water partition coefficient (Wildman–Crippen LogP) is 3.70. The number of hydrogen-bond donors (Lipinski definition) is 1. The van der Waals surface area contributed by atoms with Crippen LogP contribution in [0.4, 0.5) is 13.2 Å². The van der Waals surface area contributed by atoms with Gasteiger partial charge in [0.15, 0.2) is 11.5 Å². The lowest BCUT2D eigenvalue weighted by Crippen LogP contribution is -2.19. The summed E-state index contributed by atoms with van der Waals surface area (Å²) in [5.74, 6) is 1.53. The summed E-state index contributed by atoms with van der Waals surface area (Å²) in [6.45, 7) is 3.14. The summed E-state index contributed by atoms with van der Waals surface area (Å²) in [4.78, 5) is 0. The van der Waals surface area contributed by atoms with Crippen molar-refractivity contribution in [1.82, 2.24) is 5.32 Å². The molecule has 2 atom stereocenters. The monoisotopic (exact) mass is 303 g/mol. The highest BCUT2D eigenvalue weighted by Crippen LogP contribution is 2.35. The van der Waals surface area contributed by atoms with Crippen LogP contribution in [0, 0.1) is 5.92 Å². The molecule has 0 amide bonds. The number of fused-ring (bicyclic) bond motifs is 1. The molecule has 1 N–H and O–H groups in total. The van der Waals surface area contributed by atoms with E-state index in [1.54, 1.807) is 25.2 Å². The van der Waals surface area contributed by atoms with E-state index in [1.807, 2.05) is 6.92 Å². The molecular formula is C15H20F3NO2. The van der Waals surface area contributed by atoms with E-state index in [4.69, 9.17) is 9.47 Å². The van der Waals surface area contributed by atoms with Crippen LogP contribution in [0.3, 0.4) is 0 Å². The van der Waals surface area contributed by atoms with Gasteiger partial charge in [-0.15, -0.1) is 0 Å². The van der Waals surface area contributed by atoms with Gasteiger partial charge in [0.25, 0.3) is 0 Å². The number of nitrogens with one attached hydrogen (secondary N) is 1. The van der Waals surface area contributed by atoms with E-state index in [0.29, 0.717) is 24.7 Å². The number of alkyl halides is 3. The minimum Gasteiger partial charge on any atom is -0.489 e. The molecule has 2 unspecified atom stereocenters. The van der Waals surface area contributed by atoms with E-state index < -0.39 is 12.6 Å². The summed E-state index contributed by atoms with van der Waals surface area (Å²) in [6, 6.07) is 4.96. The van der Waals surface area contributed by atoms with Crippen molar-refractivity contribution in [3.63, 3.8) is 0 Å². The average Bonchev–Trinajstić information content (AvgIpc) is 2.60. The molecule has 1 heterocycles. The Morgan fingerprint density at radius 1 is 1.24 bits per heavy atom. The van der Waals surface area contributed by atoms with Gasteiger partial charge in [-0.25, -0.2) is 0 Å². The third-order valence-electron chi connectivity index (χ3n) is 3.48. The van der Waals surface area contributed by atoms with Crippen molar-refractivity contribution in [1.29, 1.82) is 0 Å². The molecule has 0 aliphatic carbocycles. The van der Waals surface area contributed by atoms with Gasteiger partial charge in [0.1, 0.15) is 0 Å². The number of benzene rings is 1. The maximum atomic E-state index is 12.4. The molecule has 2 rings (SSSR count). The van der Waals surface area contributed by atoms with Crippen LogP contribution in [-0.4, -0.2) is 26.4 Å². The molecule has 1 aromatic carbocycles. The summed E-state index contributed by atoms with van der Waals surface area (Å²) >= 11 is 0. The molecule has 0 fully saturated rings. The second-order valence-electron chi connectivity index (χ2n) is 5.43. The molecule has 0 radical (unpaired) electrons. The van der Waals surface area contributed by atoms with Crippen LogP contribution in [-0.2, 0) is 0 Å². The Hall–Kier alpha value is -1.43. The zero-order valence-electron chi connectivity index (χ0n) is 12.2. The van der Waals surface area contributed by atoms with Crippen molar-refractivity contribution in [2.45, 2.75) is 32.0 Å². The molecule has 3 nitrogen and oxygen atoms in total. The second kappa shape index (κ2) is 6.56. The van der Waals surface area contributed by atoms with Crippen molar-refractivity contribution >= 4 is 0 Å². The summed E-state index contributed by atoms with van der Waals surface area (Å²) in [5.41, 5.74) is 0.777. The van der Waals surface area contributed by atoms with Gasteiger partial charge < -0.3 is 14.8 Å². The molecule has 1 aromatic rings. The van der Waals surface area contributed by atoms with Crippen LogP contribution >= 0.6 is 0 Å². The smallest absolute Gasteiger partial charge is 0.389 e. The lowest BCUT2D eigenvalue weighted by Gasteiger charge is -2.19.